The highest BCUT2D eigenvalue weighted by Crippen LogP contribution is 2.25. The molecule has 0 aliphatic heterocycles. The molecule has 102 valence electrons. The van der Waals surface area contributed by atoms with E-state index in [1.165, 1.54) is 0 Å². The maximum atomic E-state index is 5.68. The van der Waals surface area contributed by atoms with Gasteiger partial charge in [-0.2, -0.15) is 0 Å². The number of aromatic nitrogens is 1. The van der Waals surface area contributed by atoms with Gasteiger partial charge >= 0.3 is 0 Å². The van der Waals surface area contributed by atoms with E-state index in [0.29, 0.717) is 0 Å². The lowest BCUT2D eigenvalue weighted by Gasteiger charge is -2.17. The van der Waals surface area contributed by atoms with Gasteiger partial charge in [-0.05, 0) is 44.2 Å². The van der Waals surface area contributed by atoms with Crippen LogP contribution in [0.5, 0.6) is 5.75 Å². The second-order valence-electron chi connectivity index (χ2n) is 4.63. The number of nitrogens with zero attached hydrogens (tertiary/aromatic N) is 1. The third-order valence-corrected chi connectivity index (χ3v) is 2.68. The molecule has 1 N–H and O–H groups in total. The number of pyridine rings is 1. The minimum absolute atomic E-state index is 0.00297. The normalized spacial score (nSPS) is 12.6. The van der Waals surface area contributed by atoms with Crippen LogP contribution in [0.25, 0.3) is 0 Å². The summed E-state index contributed by atoms with van der Waals surface area (Å²) in [6.45, 7) is 6.92. The van der Waals surface area contributed by atoms with Gasteiger partial charge in [0.2, 0.25) is 0 Å². The molecular weight excluding hydrogens is 240 g/mol. The summed E-state index contributed by atoms with van der Waals surface area (Å²) in [5.41, 5.74) is 1.04. The molecule has 4 heteroatoms. The highest BCUT2D eigenvalue weighted by molar-refractivity contribution is 5.30. The molecule has 0 bridgehead atoms. The van der Waals surface area contributed by atoms with Gasteiger partial charge in [0.25, 0.3) is 0 Å². The summed E-state index contributed by atoms with van der Waals surface area (Å²) < 4.78 is 11.2. The molecule has 19 heavy (non-hydrogen) atoms. The number of hydrogen-bond acceptors (Lipinski definition) is 4. The summed E-state index contributed by atoms with van der Waals surface area (Å²) in [7, 11) is 0. The average Bonchev–Trinajstić information content (AvgIpc) is 2.89. The van der Waals surface area contributed by atoms with Crippen LogP contribution in [-0.2, 0) is 0 Å². The van der Waals surface area contributed by atoms with Gasteiger partial charge in [-0.15, -0.1) is 0 Å². The van der Waals surface area contributed by atoms with E-state index in [4.69, 9.17) is 9.15 Å². The van der Waals surface area contributed by atoms with Crippen molar-refractivity contribution in [3.05, 3.63) is 48.2 Å². The van der Waals surface area contributed by atoms with E-state index >= 15 is 0 Å². The van der Waals surface area contributed by atoms with Crippen LogP contribution in [0.15, 0.2) is 41.3 Å². The quantitative estimate of drug-likeness (QED) is 0.866. The third-order valence-electron chi connectivity index (χ3n) is 2.68. The standard InChI is InChI=1S/C15H20N2O2/c1-4-17-15(14-6-5-7-18-14)12-8-13(10-16-9-12)19-11(2)3/h5-11,15,17H,4H2,1-3H3. The molecule has 0 fully saturated rings. The summed E-state index contributed by atoms with van der Waals surface area (Å²) in [4.78, 5) is 4.24. The summed E-state index contributed by atoms with van der Waals surface area (Å²) in [6, 6.07) is 5.86. The zero-order valence-corrected chi connectivity index (χ0v) is 11.6. The molecular formula is C15H20N2O2. The van der Waals surface area contributed by atoms with E-state index < -0.39 is 0 Å². The Hall–Kier alpha value is -1.81. The Balaban J connectivity index is 2.26. The molecule has 0 amide bonds. The first-order chi connectivity index (χ1) is 9.20. The van der Waals surface area contributed by atoms with Crippen molar-refractivity contribution in [1.29, 1.82) is 0 Å². The second kappa shape index (κ2) is 6.38. The predicted molar refractivity (Wildman–Crippen MR) is 74.2 cm³/mol. The highest BCUT2D eigenvalue weighted by Gasteiger charge is 2.16. The first kappa shape index (κ1) is 13.6. The number of furan rings is 1. The molecule has 0 saturated carbocycles. The molecule has 0 aliphatic rings. The predicted octanol–water partition coefficient (Wildman–Crippen LogP) is 3.16. The first-order valence-electron chi connectivity index (χ1n) is 6.59. The molecule has 2 aromatic rings. The Kier molecular flexibility index (Phi) is 4.58. The Morgan fingerprint density at radius 2 is 2.21 bits per heavy atom. The minimum atomic E-state index is 0.00297. The first-order valence-corrected chi connectivity index (χ1v) is 6.59. The van der Waals surface area contributed by atoms with E-state index in [9.17, 15) is 0 Å². The lowest BCUT2D eigenvalue weighted by atomic mass is 10.1. The third kappa shape index (κ3) is 3.58. The van der Waals surface area contributed by atoms with Crippen LogP contribution in [0, 0.1) is 0 Å². The molecule has 0 aliphatic carbocycles. The van der Waals surface area contributed by atoms with Crippen molar-refractivity contribution >= 4 is 0 Å². The number of ether oxygens (including phenoxy) is 1. The molecule has 2 heterocycles. The number of nitrogens with one attached hydrogen (secondary N) is 1. The van der Waals surface area contributed by atoms with Gasteiger partial charge in [-0.25, -0.2) is 0 Å². The highest BCUT2D eigenvalue weighted by atomic mass is 16.5. The Morgan fingerprint density at radius 1 is 1.37 bits per heavy atom. The summed E-state index contributed by atoms with van der Waals surface area (Å²) in [5, 5.41) is 3.39. The fourth-order valence-corrected chi connectivity index (χ4v) is 1.97. The van der Waals surface area contributed by atoms with E-state index in [2.05, 4.69) is 17.2 Å². The van der Waals surface area contributed by atoms with Gasteiger partial charge in [0.1, 0.15) is 11.5 Å². The molecule has 0 saturated heterocycles. The van der Waals surface area contributed by atoms with Gasteiger partial charge < -0.3 is 14.5 Å². The van der Waals surface area contributed by atoms with Crippen molar-refractivity contribution in [2.24, 2.45) is 0 Å². The van der Waals surface area contributed by atoms with Gasteiger partial charge in [-0.1, -0.05) is 6.92 Å². The smallest absolute Gasteiger partial charge is 0.138 e. The largest absolute Gasteiger partial charge is 0.489 e. The SMILES string of the molecule is CCNC(c1cncc(OC(C)C)c1)c1ccco1. The summed E-state index contributed by atoms with van der Waals surface area (Å²) >= 11 is 0. The Morgan fingerprint density at radius 3 is 2.84 bits per heavy atom. The van der Waals surface area contributed by atoms with E-state index in [-0.39, 0.29) is 12.1 Å². The maximum Gasteiger partial charge on any atom is 0.138 e. The van der Waals surface area contributed by atoms with Crippen LogP contribution < -0.4 is 10.1 Å². The van der Waals surface area contributed by atoms with Crippen molar-refractivity contribution in [3.63, 3.8) is 0 Å². The summed E-state index contributed by atoms with van der Waals surface area (Å²) in [6.07, 6.45) is 5.39. The van der Waals surface area contributed by atoms with E-state index in [1.54, 1.807) is 12.5 Å². The minimum Gasteiger partial charge on any atom is -0.489 e. The zero-order chi connectivity index (χ0) is 13.7. The molecule has 0 spiro atoms. The van der Waals surface area contributed by atoms with Crippen molar-refractivity contribution in [3.8, 4) is 5.75 Å². The van der Waals surface area contributed by atoms with Crippen molar-refractivity contribution in [2.45, 2.75) is 32.9 Å². The Labute approximate surface area is 113 Å². The fraction of sp³-hybridized carbons (Fsp3) is 0.400. The second-order valence-corrected chi connectivity index (χ2v) is 4.63. The van der Waals surface area contributed by atoms with Gasteiger partial charge in [0.15, 0.2) is 0 Å². The van der Waals surface area contributed by atoms with Crippen molar-refractivity contribution < 1.29 is 9.15 Å². The lowest BCUT2D eigenvalue weighted by Crippen LogP contribution is -2.21. The topological polar surface area (TPSA) is 47.3 Å². The maximum absolute atomic E-state index is 5.68. The molecule has 0 aromatic carbocycles. The van der Waals surface area contributed by atoms with Crippen molar-refractivity contribution in [2.75, 3.05) is 6.54 Å². The van der Waals surface area contributed by atoms with Crippen LogP contribution in [0.1, 0.15) is 38.1 Å². The Bertz CT molecular complexity index is 495. The van der Waals surface area contributed by atoms with E-state index in [0.717, 1.165) is 23.6 Å². The fourth-order valence-electron chi connectivity index (χ4n) is 1.97. The molecule has 2 aromatic heterocycles. The molecule has 1 unspecified atom stereocenters. The molecule has 1 atom stereocenters. The van der Waals surface area contributed by atoms with Crippen LogP contribution in [0.4, 0.5) is 0 Å². The van der Waals surface area contributed by atoms with Crippen LogP contribution in [0.2, 0.25) is 0 Å². The monoisotopic (exact) mass is 260 g/mol. The number of hydrogen-bond donors (Lipinski definition) is 1. The lowest BCUT2D eigenvalue weighted by molar-refractivity contribution is 0.241. The molecule has 2 rings (SSSR count). The zero-order valence-electron chi connectivity index (χ0n) is 11.6. The van der Waals surface area contributed by atoms with Gasteiger partial charge in [0.05, 0.1) is 24.6 Å². The molecule has 0 radical (unpaired) electrons. The van der Waals surface area contributed by atoms with Gasteiger partial charge in [-0.3, -0.25) is 4.98 Å². The van der Waals surface area contributed by atoms with Crippen LogP contribution in [0.3, 0.4) is 0 Å². The molecule has 4 nitrogen and oxygen atoms in total. The van der Waals surface area contributed by atoms with Crippen molar-refractivity contribution in [1.82, 2.24) is 10.3 Å². The van der Waals surface area contributed by atoms with E-state index in [1.807, 2.05) is 38.2 Å². The average molecular weight is 260 g/mol. The van der Waals surface area contributed by atoms with Gasteiger partial charge in [0, 0.05) is 6.20 Å². The number of rotatable bonds is 6. The van der Waals surface area contributed by atoms with Crippen LogP contribution >= 0.6 is 0 Å². The van der Waals surface area contributed by atoms with Crippen LogP contribution in [-0.4, -0.2) is 17.6 Å². The summed E-state index contributed by atoms with van der Waals surface area (Å²) in [5.74, 6) is 1.66.